The van der Waals surface area contributed by atoms with Crippen molar-refractivity contribution in [3.8, 4) is 5.75 Å². The Morgan fingerprint density at radius 3 is 2.81 bits per heavy atom. The molecule has 2 rings (SSSR count). The number of halogens is 1. The Morgan fingerprint density at radius 1 is 1.38 bits per heavy atom. The quantitative estimate of drug-likeness (QED) is 0.452. The van der Waals surface area contributed by atoms with E-state index in [1.54, 1.807) is 0 Å². The Kier molecular flexibility index (Phi) is 7.85. The van der Waals surface area contributed by atoms with Gasteiger partial charge in [0.05, 0.1) is 6.54 Å². The molecule has 2 N–H and O–H groups in total. The highest BCUT2D eigenvalue weighted by molar-refractivity contribution is 14.0. The zero-order chi connectivity index (χ0) is 14.4. The first-order valence-corrected chi connectivity index (χ1v) is 7.52. The number of aliphatic imine (C=N–C) groups is 1. The van der Waals surface area contributed by atoms with E-state index in [1.165, 1.54) is 5.56 Å². The van der Waals surface area contributed by atoms with Gasteiger partial charge < -0.3 is 15.4 Å². The maximum absolute atomic E-state index is 5.90. The lowest BCUT2D eigenvalue weighted by Gasteiger charge is -2.17. The van der Waals surface area contributed by atoms with Gasteiger partial charge in [-0.15, -0.1) is 24.0 Å². The minimum Gasteiger partial charge on any atom is -0.488 e. The van der Waals surface area contributed by atoms with Crippen molar-refractivity contribution in [2.75, 3.05) is 13.1 Å². The van der Waals surface area contributed by atoms with E-state index in [9.17, 15) is 0 Å². The van der Waals surface area contributed by atoms with Crippen LogP contribution in [-0.4, -0.2) is 31.2 Å². The lowest BCUT2D eigenvalue weighted by molar-refractivity contribution is 0.241. The Morgan fingerprint density at radius 2 is 2.14 bits per heavy atom. The van der Waals surface area contributed by atoms with Crippen LogP contribution >= 0.6 is 24.0 Å². The normalized spacial score (nSPS) is 18.2. The molecule has 5 heteroatoms. The second-order valence-electron chi connectivity index (χ2n) is 5.22. The average Bonchev–Trinajstić information content (AvgIpc) is 2.87. The molecule has 1 aliphatic rings. The van der Waals surface area contributed by atoms with Crippen molar-refractivity contribution in [2.45, 2.75) is 45.8 Å². The first-order chi connectivity index (χ1) is 9.72. The molecule has 0 aliphatic carbocycles. The van der Waals surface area contributed by atoms with Crippen molar-refractivity contribution in [1.82, 2.24) is 10.6 Å². The molecule has 0 aromatic heterocycles. The van der Waals surface area contributed by atoms with Gasteiger partial charge in [-0.1, -0.05) is 25.1 Å². The Labute approximate surface area is 144 Å². The van der Waals surface area contributed by atoms with Crippen molar-refractivity contribution in [1.29, 1.82) is 0 Å². The number of guanidine groups is 1. The minimum atomic E-state index is 0. The summed E-state index contributed by atoms with van der Waals surface area (Å²) in [6, 6.07) is 8.65. The van der Waals surface area contributed by atoms with Crippen LogP contribution in [0.4, 0.5) is 0 Å². The van der Waals surface area contributed by atoms with Crippen LogP contribution in [0.1, 0.15) is 32.8 Å². The van der Waals surface area contributed by atoms with Gasteiger partial charge in [0.1, 0.15) is 11.9 Å². The van der Waals surface area contributed by atoms with Crippen molar-refractivity contribution in [2.24, 2.45) is 4.99 Å². The van der Waals surface area contributed by atoms with Gasteiger partial charge in [0, 0.05) is 19.0 Å². The summed E-state index contributed by atoms with van der Waals surface area (Å²) in [5.41, 5.74) is 1.28. The van der Waals surface area contributed by atoms with Crippen molar-refractivity contribution in [3.63, 3.8) is 0 Å². The highest BCUT2D eigenvalue weighted by atomic mass is 127. The van der Waals surface area contributed by atoms with Gasteiger partial charge in [0.25, 0.3) is 0 Å². The van der Waals surface area contributed by atoms with Gasteiger partial charge in [-0.25, -0.2) is 4.99 Å². The number of rotatable bonds is 5. The summed E-state index contributed by atoms with van der Waals surface area (Å²) in [6.45, 7) is 7.96. The zero-order valence-corrected chi connectivity index (χ0v) is 15.4. The van der Waals surface area contributed by atoms with E-state index >= 15 is 0 Å². The van der Waals surface area contributed by atoms with E-state index in [2.05, 4.69) is 48.5 Å². The molecule has 21 heavy (non-hydrogen) atoms. The molecule has 1 aliphatic heterocycles. The van der Waals surface area contributed by atoms with E-state index in [1.807, 2.05) is 12.1 Å². The van der Waals surface area contributed by atoms with Crippen LogP contribution in [0.25, 0.3) is 0 Å². The average molecular weight is 403 g/mol. The third kappa shape index (κ3) is 5.37. The smallest absolute Gasteiger partial charge is 0.191 e. The molecule has 1 heterocycles. The van der Waals surface area contributed by atoms with E-state index in [-0.39, 0.29) is 30.1 Å². The van der Waals surface area contributed by atoms with Crippen LogP contribution < -0.4 is 15.4 Å². The summed E-state index contributed by atoms with van der Waals surface area (Å²) in [7, 11) is 0. The Hall–Kier alpha value is -0.980. The first-order valence-electron chi connectivity index (χ1n) is 7.52. The van der Waals surface area contributed by atoms with Gasteiger partial charge in [-0.3, -0.25) is 0 Å². The number of nitrogens with one attached hydrogen (secondary N) is 2. The standard InChI is InChI=1S/C16H25N3O.HI/c1-4-12(3)19-16(17-5-2)18-11-14-10-13-8-6-7-9-15(13)20-14;/h6-9,12,14H,4-5,10-11H2,1-3H3,(H2,17,18,19);1H. The predicted molar refractivity (Wildman–Crippen MR) is 98.8 cm³/mol. The summed E-state index contributed by atoms with van der Waals surface area (Å²) in [6.07, 6.45) is 2.18. The first kappa shape index (κ1) is 18.1. The largest absolute Gasteiger partial charge is 0.488 e. The van der Waals surface area contributed by atoms with Gasteiger partial charge in [-0.2, -0.15) is 0 Å². The molecule has 0 spiro atoms. The predicted octanol–water partition coefficient (Wildman–Crippen LogP) is 2.96. The fourth-order valence-corrected chi connectivity index (χ4v) is 2.20. The molecule has 2 unspecified atom stereocenters. The Bertz CT molecular complexity index is 440. The van der Waals surface area contributed by atoms with Gasteiger partial charge in [-0.05, 0) is 31.9 Å². The number of fused-ring (bicyclic) bond motifs is 1. The van der Waals surface area contributed by atoms with E-state index < -0.39 is 0 Å². The number of nitrogens with zero attached hydrogens (tertiary/aromatic N) is 1. The van der Waals surface area contributed by atoms with Crippen LogP contribution in [0.15, 0.2) is 29.3 Å². The lowest BCUT2D eigenvalue weighted by atomic mass is 10.1. The second kappa shape index (κ2) is 9.12. The zero-order valence-electron chi connectivity index (χ0n) is 13.1. The highest BCUT2D eigenvalue weighted by Crippen LogP contribution is 2.28. The van der Waals surface area contributed by atoms with Gasteiger partial charge in [0.2, 0.25) is 0 Å². The van der Waals surface area contributed by atoms with Crippen LogP contribution in [0.3, 0.4) is 0 Å². The molecule has 0 fully saturated rings. The van der Waals surface area contributed by atoms with Crippen LogP contribution in [-0.2, 0) is 6.42 Å². The lowest BCUT2D eigenvalue weighted by Crippen LogP contribution is -2.42. The number of hydrogen-bond donors (Lipinski definition) is 2. The highest BCUT2D eigenvalue weighted by Gasteiger charge is 2.21. The minimum absolute atomic E-state index is 0. The van der Waals surface area contributed by atoms with E-state index in [0.29, 0.717) is 12.6 Å². The van der Waals surface area contributed by atoms with Gasteiger partial charge in [0.15, 0.2) is 5.96 Å². The molecule has 0 saturated carbocycles. The molecule has 0 saturated heterocycles. The fourth-order valence-electron chi connectivity index (χ4n) is 2.20. The molecular weight excluding hydrogens is 377 g/mol. The molecule has 2 atom stereocenters. The third-order valence-corrected chi connectivity index (χ3v) is 3.51. The van der Waals surface area contributed by atoms with Crippen LogP contribution in [0.2, 0.25) is 0 Å². The summed E-state index contributed by atoms with van der Waals surface area (Å²) in [4.78, 5) is 4.64. The van der Waals surface area contributed by atoms with Crippen LogP contribution in [0, 0.1) is 0 Å². The third-order valence-electron chi connectivity index (χ3n) is 3.51. The maximum Gasteiger partial charge on any atom is 0.191 e. The number of para-hydroxylation sites is 1. The summed E-state index contributed by atoms with van der Waals surface area (Å²) >= 11 is 0. The molecule has 0 bridgehead atoms. The fraction of sp³-hybridized carbons (Fsp3) is 0.562. The van der Waals surface area contributed by atoms with Crippen molar-refractivity contribution < 1.29 is 4.74 Å². The molecular formula is C16H26IN3O. The number of benzene rings is 1. The molecule has 1 aromatic rings. The summed E-state index contributed by atoms with van der Waals surface area (Å²) < 4.78 is 5.90. The molecule has 0 radical (unpaired) electrons. The van der Waals surface area contributed by atoms with Crippen molar-refractivity contribution >= 4 is 29.9 Å². The van der Waals surface area contributed by atoms with Gasteiger partial charge >= 0.3 is 0 Å². The van der Waals surface area contributed by atoms with Crippen molar-refractivity contribution in [3.05, 3.63) is 29.8 Å². The summed E-state index contributed by atoms with van der Waals surface area (Å²) in [5.74, 6) is 1.88. The second-order valence-corrected chi connectivity index (χ2v) is 5.22. The topological polar surface area (TPSA) is 45.7 Å². The molecule has 1 aromatic carbocycles. The maximum atomic E-state index is 5.90. The number of hydrogen-bond acceptors (Lipinski definition) is 2. The van der Waals surface area contributed by atoms with Crippen LogP contribution in [0.5, 0.6) is 5.75 Å². The Balaban J connectivity index is 0.00000220. The monoisotopic (exact) mass is 403 g/mol. The van der Waals surface area contributed by atoms with E-state index in [4.69, 9.17) is 4.74 Å². The molecule has 118 valence electrons. The summed E-state index contributed by atoms with van der Waals surface area (Å²) in [5, 5.41) is 6.67. The molecule has 4 nitrogen and oxygen atoms in total. The SMILES string of the molecule is CCNC(=NCC1Cc2ccccc2O1)NC(C)CC.I. The number of ether oxygens (including phenoxy) is 1. The van der Waals surface area contributed by atoms with E-state index in [0.717, 1.165) is 31.1 Å². The molecule has 0 amide bonds.